The van der Waals surface area contributed by atoms with Crippen molar-refractivity contribution in [3.05, 3.63) is 86.2 Å². The van der Waals surface area contributed by atoms with Gasteiger partial charge in [0.25, 0.3) is 5.56 Å². The van der Waals surface area contributed by atoms with Gasteiger partial charge in [-0.1, -0.05) is 37.3 Å². The fourth-order valence-corrected chi connectivity index (χ4v) is 8.45. The van der Waals surface area contributed by atoms with E-state index in [1.54, 1.807) is 49.4 Å². The van der Waals surface area contributed by atoms with Gasteiger partial charge in [0, 0.05) is 34.6 Å². The second-order valence-corrected chi connectivity index (χ2v) is 15.6. The summed E-state index contributed by atoms with van der Waals surface area (Å²) in [6, 6.07) is 10.7. The molecule has 63 heavy (non-hydrogen) atoms. The number of esters is 1. The van der Waals surface area contributed by atoms with Crippen molar-refractivity contribution in [3.63, 3.8) is 0 Å². The van der Waals surface area contributed by atoms with Crippen LogP contribution >= 0.6 is 0 Å². The molecule has 5 heterocycles. The van der Waals surface area contributed by atoms with Crippen LogP contribution in [0.2, 0.25) is 0 Å². The third-order valence-corrected chi connectivity index (χ3v) is 11.8. The fraction of sp³-hybridized carbons (Fsp3) is 0.395. The molecule has 4 atom stereocenters. The van der Waals surface area contributed by atoms with Gasteiger partial charge in [-0.05, 0) is 43.4 Å². The Labute approximate surface area is 359 Å². The minimum Gasteiger partial charge on any atom is -0.458 e. The Morgan fingerprint density at radius 2 is 1.75 bits per heavy atom. The van der Waals surface area contributed by atoms with E-state index in [0.29, 0.717) is 46.8 Å². The second-order valence-electron chi connectivity index (χ2n) is 15.6. The number of hydrogen-bond donors (Lipinski definition) is 7. The minimum atomic E-state index is -2.01. The number of amides is 5. The second kappa shape index (κ2) is 17.5. The van der Waals surface area contributed by atoms with Crippen LogP contribution in [0.4, 0.5) is 0 Å². The number of ether oxygens (including phenoxy) is 4. The summed E-state index contributed by atoms with van der Waals surface area (Å²) in [5, 5.41) is 25.2. The standard InChI is InChI=1S/C43H46N8O12/c1-3-43(59)26-12-30-37-24(17-51(30)41(57)25(26)18-60-42(43)58)36-27(10-9-23-35(36)28(49-37)13-31-38(23)63-20-62-31)50-39(55)21(2)61-19-47-33(53)15-46-40(56)29(11-22-7-5-4-6-8-22)48-34(54)16-45-32(52)14-44/h4-8,12-13,21,27,29,59H,3,9-11,14-20,44H2,1-2H3,(H,45,52)(H,46,56)(H,47,53)(H,48,54)(H,50,55)/t21-,27+,29+,43+/m1/s1. The highest BCUT2D eigenvalue weighted by molar-refractivity contribution is 5.96. The molecule has 0 unspecified atom stereocenters. The fourth-order valence-electron chi connectivity index (χ4n) is 8.45. The molecule has 3 aliphatic heterocycles. The van der Waals surface area contributed by atoms with Crippen molar-refractivity contribution in [2.24, 2.45) is 5.73 Å². The quantitative estimate of drug-likeness (QED) is 0.0507. The summed E-state index contributed by atoms with van der Waals surface area (Å²) < 4.78 is 24.1. The van der Waals surface area contributed by atoms with E-state index in [4.69, 9.17) is 29.7 Å². The van der Waals surface area contributed by atoms with Gasteiger partial charge in [-0.25, -0.2) is 9.78 Å². The number of aliphatic hydroxyl groups is 1. The molecule has 8 rings (SSSR count). The van der Waals surface area contributed by atoms with Crippen LogP contribution in [0.15, 0.2) is 47.3 Å². The SMILES string of the molecule is CC[C@@]1(O)C(=O)OCc2c1cc1n(c2=O)Cc2c-1nc1cc3c(c4c1c2[C@@H](NC(=O)[C@@H](C)OCNC(=O)CNC(=O)[C@H](Cc1ccccc1)NC(=O)CNC(=O)CN)CC4)OCO3. The van der Waals surface area contributed by atoms with Gasteiger partial charge in [-0.15, -0.1) is 0 Å². The summed E-state index contributed by atoms with van der Waals surface area (Å²) in [7, 11) is 0. The molecule has 2 aromatic heterocycles. The molecule has 330 valence electrons. The average Bonchev–Trinajstić information content (AvgIpc) is 3.92. The van der Waals surface area contributed by atoms with Crippen molar-refractivity contribution in [2.45, 2.75) is 76.5 Å². The number of fused-ring (bicyclic) bond motifs is 7. The molecule has 0 radical (unpaired) electrons. The molecule has 0 saturated heterocycles. The largest absolute Gasteiger partial charge is 0.458 e. The molecule has 4 aromatic rings. The highest BCUT2D eigenvalue weighted by atomic mass is 16.7. The lowest BCUT2D eigenvalue weighted by molar-refractivity contribution is -0.172. The number of rotatable bonds is 15. The van der Waals surface area contributed by atoms with Crippen molar-refractivity contribution in [2.75, 3.05) is 33.2 Å². The van der Waals surface area contributed by atoms with Gasteiger partial charge >= 0.3 is 5.97 Å². The number of nitrogens with two attached hydrogens (primary N) is 1. The number of aromatic nitrogens is 2. The van der Waals surface area contributed by atoms with Crippen LogP contribution in [0.25, 0.3) is 22.3 Å². The zero-order valence-corrected chi connectivity index (χ0v) is 34.5. The summed E-state index contributed by atoms with van der Waals surface area (Å²) in [5.41, 5.74) is 7.67. The van der Waals surface area contributed by atoms with Crippen LogP contribution in [0.3, 0.4) is 0 Å². The zero-order valence-electron chi connectivity index (χ0n) is 34.5. The molecule has 20 nitrogen and oxygen atoms in total. The predicted molar refractivity (Wildman–Crippen MR) is 221 cm³/mol. The van der Waals surface area contributed by atoms with Crippen LogP contribution < -0.4 is 47.4 Å². The Balaban J connectivity index is 0.944. The molecular weight excluding hydrogens is 821 g/mol. The Hall–Kier alpha value is -6.90. The van der Waals surface area contributed by atoms with Crippen molar-refractivity contribution in [3.8, 4) is 22.9 Å². The van der Waals surface area contributed by atoms with Crippen molar-refractivity contribution in [1.82, 2.24) is 36.1 Å². The van der Waals surface area contributed by atoms with Crippen molar-refractivity contribution in [1.29, 1.82) is 0 Å². The van der Waals surface area contributed by atoms with Crippen molar-refractivity contribution >= 4 is 46.4 Å². The van der Waals surface area contributed by atoms with E-state index in [0.717, 1.165) is 22.1 Å². The average molecular weight is 867 g/mol. The van der Waals surface area contributed by atoms with Gasteiger partial charge in [-0.2, -0.15) is 0 Å². The van der Waals surface area contributed by atoms with E-state index >= 15 is 0 Å². The maximum absolute atomic E-state index is 14.0. The normalized spacial score (nSPS) is 18.5. The summed E-state index contributed by atoms with van der Waals surface area (Å²) in [6.45, 7) is 1.48. The molecule has 2 aromatic carbocycles. The highest BCUT2D eigenvalue weighted by Crippen LogP contribution is 2.50. The lowest BCUT2D eigenvalue weighted by atomic mass is 9.82. The highest BCUT2D eigenvalue weighted by Gasteiger charge is 2.46. The predicted octanol–water partition coefficient (Wildman–Crippen LogP) is -0.691. The number of benzene rings is 2. The molecule has 1 aliphatic carbocycles. The number of carbonyl (C=O) groups is 6. The van der Waals surface area contributed by atoms with E-state index < -0.39 is 77.9 Å². The van der Waals surface area contributed by atoms with E-state index in [-0.39, 0.29) is 57.2 Å². The number of hydrogen-bond acceptors (Lipinski definition) is 14. The van der Waals surface area contributed by atoms with Gasteiger partial charge in [0.15, 0.2) is 17.1 Å². The maximum Gasteiger partial charge on any atom is 0.343 e. The van der Waals surface area contributed by atoms with Crippen LogP contribution in [0.1, 0.15) is 66.1 Å². The van der Waals surface area contributed by atoms with E-state index in [1.165, 1.54) is 11.5 Å². The Kier molecular flexibility index (Phi) is 11.9. The third-order valence-electron chi connectivity index (χ3n) is 11.8. The molecule has 0 fully saturated rings. The van der Waals surface area contributed by atoms with E-state index in [9.17, 15) is 38.7 Å². The van der Waals surface area contributed by atoms with Crippen LogP contribution in [0.5, 0.6) is 11.5 Å². The number of aryl methyl sites for hydroxylation is 1. The number of carbonyl (C=O) groups excluding carboxylic acids is 6. The number of nitrogens with zero attached hydrogens (tertiary/aromatic N) is 2. The lowest BCUT2D eigenvalue weighted by Gasteiger charge is -2.31. The smallest absolute Gasteiger partial charge is 0.343 e. The van der Waals surface area contributed by atoms with E-state index in [1.807, 2.05) is 0 Å². The van der Waals surface area contributed by atoms with E-state index in [2.05, 4.69) is 26.6 Å². The molecular formula is C43H46N8O12. The molecule has 5 amide bonds. The molecule has 20 heteroatoms. The van der Waals surface area contributed by atoms with Gasteiger partial charge in [-0.3, -0.25) is 28.8 Å². The first-order valence-electron chi connectivity index (χ1n) is 20.5. The molecule has 0 spiro atoms. The van der Waals surface area contributed by atoms with Gasteiger partial charge in [0.1, 0.15) is 25.5 Å². The number of pyridine rings is 2. The zero-order chi connectivity index (χ0) is 44.6. The first-order chi connectivity index (χ1) is 30.3. The lowest BCUT2D eigenvalue weighted by Crippen LogP contribution is -2.52. The van der Waals surface area contributed by atoms with Crippen LogP contribution in [0, 0.1) is 0 Å². The Morgan fingerprint density at radius 3 is 2.51 bits per heavy atom. The summed E-state index contributed by atoms with van der Waals surface area (Å²) in [5.74, 6) is -2.64. The van der Waals surface area contributed by atoms with Gasteiger partial charge in [0.2, 0.25) is 36.3 Å². The molecule has 8 N–H and O–H groups in total. The maximum atomic E-state index is 14.0. The van der Waals surface area contributed by atoms with Crippen molar-refractivity contribution < 1.29 is 52.8 Å². The Bertz CT molecular complexity index is 2620. The minimum absolute atomic E-state index is 0.0107. The Morgan fingerprint density at radius 1 is 0.968 bits per heavy atom. The third kappa shape index (κ3) is 8.15. The summed E-state index contributed by atoms with van der Waals surface area (Å²) in [6.07, 6.45) is -0.00262. The van der Waals surface area contributed by atoms with Gasteiger partial charge in [0.05, 0.1) is 54.7 Å². The molecule has 0 saturated carbocycles. The van der Waals surface area contributed by atoms with Crippen LogP contribution in [-0.2, 0) is 69.8 Å². The number of cyclic esters (lactones) is 1. The summed E-state index contributed by atoms with van der Waals surface area (Å²) in [4.78, 5) is 95.5. The van der Waals surface area contributed by atoms with Gasteiger partial charge < -0.3 is 60.9 Å². The molecule has 4 aliphatic rings. The summed E-state index contributed by atoms with van der Waals surface area (Å²) >= 11 is 0. The van der Waals surface area contributed by atoms with Crippen LogP contribution in [-0.4, -0.2) is 95.5 Å². The molecule has 0 bridgehead atoms. The monoisotopic (exact) mass is 866 g/mol. The topological polar surface area (TPSA) is 281 Å². The first kappa shape index (κ1) is 42.8. The first-order valence-corrected chi connectivity index (χ1v) is 20.5. The number of nitrogens with one attached hydrogen (secondary N) is 5.